The highest BCUT2D eigenvalue weighted by atomic mass is 16.2. The molecule has 3 rings (SSSR count). The predicted molar refractivity (Wildman–Crippen MR) is 74.7 cm³/mol. The summed E-state index contributed by atoms with van der Waals surface area (Å²) >= 11 is 0. The fourth-order valence-corrected chi connectivity index (χ4v) is 3.29. The van der Waals surface area contributed by atoms with Crippen LogP contribution in [0.4, 0.5) is 0 Å². The summed E-state index contributed by atoms with van der Waals surface area (Å²) in [5, 5.41) is 10.5. The lowest BCUT2D eigenvalue weighted by Crippen LogP contribution is -2.07. The smallest absolute Gasteiger partial charge is 0.0513 e. The average Bonchev–Trinajstić information content (AvgIpc) is 3.01. The van der Waals surface area contributed by atoms with Gasteiger partial charge in [0.25, 0.3) is 0 Å². The highest BCUT2D eigenvalue weighted by Crippen LogP contribution is 2.29. The standard InChI is InChI=1S/C16H21NO/c18-11-9-15-7-3-6-14-8-10-17(16(14)15)12-13-4-1-2-5-13/h3,6-8,10,13,18H,1-2,4-5,9,11-12H2. The molecule has 2 nitrogen and oxygen atoms in total. The summed E-state index contributed by atoms with van der Waals surface area (Å²) < 4.78 is 2.40. The van der Waals surface area contributed by atoms with E-state index < -0.39 is 0 Å². The summed E-state index contributed by atoms with van der Waals surface area (Å²) in [5.74, 6) is 0.850. The second-order valence-electron chi connectivity index (χ2n) is 5.45. The van der Waals surface area contributed by atoms with Crippen molar-refractivity contribution in [3.05, 3.63) is 36.0 Å². The van der Waals surface area contributed by atoms with Crippen LogP contribution in [0.5, 0.6) is 0 Å². The van der Waals surface area contributed by atoms with E-state index in [1.165, 1.54) is 42.1 Å². The zero-order chi connectivity index (χ0) is 12.4. The second kappa shape index (κ2) is 5.15. The molecule has 0 saturated heterocycles. The molecule has 1 fully saturated rings. The molecule has 0 spiro atoms. The Morgan fingerprint density at radius 1 is 1.17 bits per heavy atom. The summed E-state index contributed by atoms with van der Waals surface area (Å²) in [6.07, 6.45) is 8.51. The van der Waals surface area contributed by atoms with E-state index in [2.05, 4.69) is 35.0 Å². The van der Waals surface area contributed by atoms with Crippen LogP contribution in [0, 0.1) is 5.92 Å². The van der Waals surface area contributed by atoms with E-state index >= 15 is 0 Å². The van der Waals surface area contributed by atoms with Gasteiger partial charge in [0.1, 0.15) is 0 Å². The number of rotatable bonds is 4. The van der Waals surface area contributed by atoms with Crippen molar-refractivity contribution in [2.24, 2.45) is 5.92 Å². The predicted octanol–water partition coefficient (Wildman–Crippen LogP) is 3.37. The minimum absolute atomic E-state index is 0.230. The number of fused-ring (bicyclic) bond motifs is 1. The van der Waals surface area contributed by atoms with Gasteiger partial charge in [-0.05, 0) is 42.2 Å². The highest BCUT2D eigenvalue weighted by molar-refractivity contribution is 5.83. The topological polar surface area (TPSA) is 25.2 Å². The lowest BCUT2D eigenvalue weighted by atomic mass is 10.1. The molecule has 1 aromatic heterocycles. The fourth-order valence-electron chi connectivity index (χ4n) is 3.29. The molecule has 0 amide bonds. The maximum atomic E-state index is 9.18. The van der Waals surface area contributed by atoms with E-state index in [1.54, 1.807) is 0 Å². The number of hydrogen-bond donors (Lipinski definition) is 1. The molecule has 1 saturated carbocycles. The van der Waals surface area contributed by atoms with Crippen molar-refractivity contribution in [1.82, 2.24) is 4.57 Å². The zero-order valence-electron chi connectivity index (χ0n) is 10.8. The van der Waals surface area contributed by atoms with Crippen molar-refractivity contribution >= 4 is 10.9 Å². The molecule has 1 aliphatic carbocycles. The van der Waals surface area contributed by atoms with E-state index in [0.29, 0.717) is 0 Å². The van der Waals surface area contributed by atoms with Crippen molar-refractivity contribution in [3.8, 4) is 0 Å². The monoisotopic (exact) mass is 243 g/mol. The first-order valence-corrected chi connectivity index (χ1v) is 7.06. The molecule has 0 aliphatic heterocycles. The molecular weight excluding hydrogens is 222 g/mol. The number of aromatic nitrogens is 1. The summed E-state index contributed by atoms with van der Waals surface area (Å²) in [7, 11) is 0. The van der Waals surface area contributed by atoms with Crippen molar-refractivity contribution in [1.29, 1.82) is 0 Å². The fraction of sp³-hybridized carbons (Fsp3) is 0.500. The molecule has 1 aromatic carbocycles. The van der Waals surface area contributed by atoms with Gasteiger partial charge in [0.05, 0.1) is 5.52 Å². The van der Waals surface area contributed by atoms with Crippen LogP contribution in [0.1, 0.15) is 31.2 Å². The SMILES string of the molecule is OCCc1cccc2ccn(CC3CCCC3)c12. The molecule has 2 heteroatoms. The van der Waals surface area contributed by atoms with Gasteiger partial charge in [0, 0.05) is 19.3 Å². The van der Waals surface area contributed by atoms with Crippen molar-refractivity contribution < 1.29 is 5.11 Å². The third kappa shape index (κ3) is 2.17. The minimum atomic E-state index is 0.230. The summed E-state index contributed by atoms with van der Waals surface area (Å²) in [6, 6.07) is 8.60. The average molecular weight is 243 g/mol. The van der Waals surface area contributed by atoms with Gasteiger partial charge in [0.2, 0.25) is 0 Å². The van der Waals surface area contributed by atoms with E-state index in [4.69, 9.17) is 0 Å². The van der Waals surface area contributed by atoms with E-state index in [9.17, 15) is 5.11 Å². The van der Waals surface area contributed by atoms with Gasteiger partial charge >= 0.3 is 0 Å². The third-order valence-electron chi connectivity index (χ3n) is 4.18. The Balaban J connectivity index is 1.95. The molecular formula is C16H21NO. The maximum absolute atomic E-state index is 9.18. The van der Waals surface area contributed by atoms with Crippen LogP contribution in [0.3, 0.4) is 0 Å². The molecule has 0 atom stereocenters. The quantitative estimate of drug-likeness (QED) is 0.875. The molecule has 2 aromatic rings. The van der Waals surface area contributed by atoms with Crippen LogP contribution in [-0.4, -0.2) is 16.3 Å². The Hall–Kier alpha value is -1.28. The van der Waals surface area contributed by atoms with Gasteiger partial charge in [-0.1, -0.05) is 31.0 Å². The lowest BCUT2D eigenvalue weighted by Gasteiger charge is -2.13. The number of hydrogen-bond acceptors (Lipinski definition) is 1. The first-order chi connectivity index (χ1) is 8.88. The van der Waals surface area contributed by atoms with Crippen LogP contribution >= 0.6 is 0 Å². The van der Waals surface area contributed by atoms with Gasteiger partial charge in [0.15, 0.2) is 0 Å². The Labute approximate surface area is 108 Å². The van der Waals surface area contributed by atoms with Crippen molar-refractivity contribution in [3.63, 3.8) is 0 Å². The van der Waals surface area contributed by atoms with E-state index in [-0.39, 0.29) is 6.61 Å². The lowest BCUT2D eigenvalue weighted by molar-refractivity contribution is 0.300. The Morgan fingerprint density at radius 3 is 2.78 bits per heavy atom. The molecule has 0 radical (unpaired) electrons. The molecule has 1 heterocycles. The zero-order valence-corrected chi connectivity index (χ0v) is 10.8. The van der Waals surface area contributed by atoms with Gasteiger partial charge in [-0.25, -0.2) is 0 Å². The Morgan fingerprint density at radius 2 is 2.00 bits per heavy atom. The van der Waals surface area contributed by atoms with E-state index in [0.717, 1.165) is 18.9 Å². The maximum Gasteiger partial charge on any atom is 0.0513 e. The normalized spacial score (nSPS) is 16.7. The first kappa shape index (κ1) is 11.8. The largest absolute Gasteiger partial charge is 0.396 e. The summed E-state index contributed by atoms with van der Waals surface area (Å²) in [4.78, 5) is 0. The van der Waals surface area contributed by atoms with Crippen molar-refractivity contribution in [2.45, 2.75) is 38.6 Å². The van der Waals surface area contributed by atoms with Gasteiger partial charge in [-0.15, -0.1) is 0 Å². The molecule has 0 bridgehead atoms. The molecule has 1 N–H and O–H groups in total. The van der Waals surface area contributed by atoms with Crippen molar-refractivity contribution in [2.75, 3.05) is 6.61 Å². The summed E-state index contributed by atoms with van der Waals surface area (Å²) in [5.41, 5.74) is 2.61. The van der Waals surface area contributed by atoms with Crippen LogP contribution < -0.4 is 0 Å². The Kier molecular flexibility index (Phi) is 3.37. The molecule has 0 unspecified atom stereocenters. The molecule has 1 aliphatic rings. The van der Waals surface area contributed by atoms with Gasteiger partial charge < -0.3 is 9.67 Å². The van der Waals surface area contributed by atoms with Gasteiger partial charge in [-0.3, -0.25) is 0 Å². The van der Waals surface area contributed by atoms with Crippen LogP contribution in [0.15, 0.2) is 30.5 Å². The number of para-hydroxylation sites is 1. The first-order valence-electron chi connectivity index (χ1n) is 7.06. The molecule has 18 heavy (non-hydrogen) atoms. The van der Waals surface area contributed by atoms with Crippen LogP contribution in [0.25, 0.3) is 10.9 Å². The van der Waals surface area contributed by atoms with Crippen LogP contribution in [-0.2, 0) is 13.0 Å². The van der Waals surface area contributed by atoms with Gasteiger partial charge in [-0.2, -0.15) is 0 Å². The third-order valence-corrected chi connectivity index (χ3v) is 4.18. The highest BCUT2D eigenvalue weighted by Gasteiger charge is 2.16. The number of aliphatic hydroxyl groups excluding tert-OH is 1. The van der Waals surface area contributed by atoms with Crippen LogP contribution in [0.2, 0.25) is 0 Å². The van der Waals surface area contributed by atoms with E-state index in [1.807, 2.05) is 0 Å². The Bertz CT molecular complexity index is 523. The summed E-state index contributed by atoms with van der Waals surface area (Å²) in [6.45, 7) is 1.37. The number of nitrogens with zero attached hydrogens (tertiary/aromatic N) is 1. The second-order valence-corrected chi connectivity index (χ2v) is 5.45. The molecule has 96 valence electrons. The number of aliphatic hydroxyl groups is 1. The minimum Gasteiger partial charge on any atom is -0.396 e. The number of benzene rings is 1.